The Balaban J connectivity index is 2.49. The fraction of sp³-hybridized carbons (Fsp3) is 0.538. The van der Waals surface area contributed by atoms with Gasteiger partial charge in [0, 0.05) is 36.8 Å². The highest BCUT2D eigenvalue weighted by Crippen LogP contribution is 2.29. The van der Waals surface area contributed by atoms with Crippen molar-refractivity contribution in [2.24, 2.45) is 0 Å². The molecule has 8 heteroatoms. The maximum absolute atomic E-state index is 12.8. The average Bonchev–Trinajstić information content (AvgIpc) is 2.37. The van der Waals surface area contributed by atoms with Gasteiger partial charge in [-0.3, -0.25) is 10.1 Å². The Kier molecular flexibility index (Phi) is 4.05. The molecule has 1 N–H and O–H groups in total. The zero-order valence-corrected chi connectivity index (χ0v) is 13.1. The zero-order chi connectivity index (χ0) is 15.8. The van der Waals surface area contributed by atoms with Gasteiger partial charge in [0.05, 0.1) is 9.82 Å². The third kappa shape index (κ3) is 2.92. The smallest absolute Gasteiger partial charge is 0.273 e. The zero-order valence-electron chi connectivity index (χ0n) is 12.3. The van der Waals surface area contributed by atoms with Gasteiger partial charge >= 0.3 is 0 Å². The molecule has 0 amide bonds. The van der Waals surface area contributed by atoms with Gasteiger partial charge in [-0.15, -0.1) is 0 Å². The van der Waals surface area contributed by atoms with Crippen LogP contribution in [0.2, 0.25) is 0 Å². The predicted octanol–water partition coefficient (Wildman–Crippen LogP) is 1.28. The molecule has 0 saturated carbocycles. The van der Waals surface area contributed by atoms with Crippen LogP contribution in [0.3, 0.4) is 0 Å². The molecule has 1 saturated heterocycles. The molecular weight excluding hydrogens is 294 g/mol. The van der Waals surface area contributed by atoms with E-state index in [-0.39, 0.29) is 10.6 Å². The summed E-state index contributed by atoms with van der Waals surface area (Å²) in [5.41, 5.74) is -0.306. The molecule has 1 fully saturated rings. The first-order valence-corrected chi connectivity index (χ1v) is 8.09. The Bertz CT molecular complexity index is 670. The van der Waals surface area contributed by atoms with E-state index in [0.717, 1.165) is 6.07 Å². The number of nitrogens with zero attached hydrogens (tertiary/aromatic N) is 2. The van der Waals surface area contributed by atoms with Crippen molar-refractivity contribution in [2.75, 3.05) is 19.6 Å². The summed E-state index contributed by atoms with van der Waals surface area (Å²) in [6, 6.07) is 4.04. The standard InChI is InChI=1S/C13H19N3O4S/c1-10-4-5-11(8-12(10)16(17)18)21(19,20)15-7-6-14-9-13(15,2)3/h4-5,8,14H,6-7,9H2,1-3H3. The second kappa shape index (κ2) is 5.36. The van der Waals surface area contributed by atoms with Crippen LogP contribution in [0.15, 0.2) is 23.1 Å². The summed E-state index contributed by atoms with van der Waals surface area (Å²) in [4.78, 5) is 10.4. The largest absolute Gasteiger partial charge is 0.314 e. The Morgan fingerprint density at radius 3 is 2.62 bits per heavy atom. The van der Waals surface area contributed by atoms with Gasteiger partial charge in [-0.1, -0.05) is 6.07 Å². The van der Waals surface area contributed by atoms with Crippen LogP contribution in [-0.2, 0) is 10.0 Å². The number of nitrogens with one attached hydrogen (secondary N) is 1. The summed E-state index contributed by atoms with van der Waals surface area (Å²) in [5, 5.41) is 14.1. The average molecular weight is 313 g/mol. The SMILES string of the molecule is Cc1ccc(S(=O)(=O)N2CCNCC2(C)C)cc1[N+](=O)[O-]. The van der Waals surface area contributed by atoms with E-state index in [9.17, 15) is 18.5 Å². The van der Waals surface area contributed by atoms with Gasteiger partial charge in [0.2, 0.25) is 10.0 Å². The van der Waals surface area contributed by atoms with Crippen molar-refractivity contribution < 1.29 is 13.3 Å². The molecule has 0 atom stereocenters. The third-order valence-electron chi connectivity index (χ3n) is 3.69. The van der Waals surface area contributed by atoms with Crippen LogP contribution in [0, 0.1) is 17.0 Å². The fourth-order valence-corrected chi connectivity index (χ4v) is 4.29. The van der Waals surface area contributed by atoms with Crippen molar-refractivity contribution in [1.82, 2.24) is 9.62 Å². The molecule has 21 heavy (non-hydrogen) atoms. The fourth-order valence-electron chi connectivity index (χ4n) is 2.48. The van der Waals surface area contributed by atoms with E-state index in [0.29, 0.717) is 25.2 Å². The summed E-state index contributed by atoms with van der Waals surface area (Å²) in [5.74, 6) is 0. The molecule has 0 unspecified atom stereocenters. The van der Waals surface area contributed by atoms with Gasteiger partial charge in [-0.2, -0.15) is 4.31 Å². The van der Waals surface area contributed by atoms with Crippen molar-refractivity contribution in [3.8, 4) is 0 Å². The molecule has 0 radical (unpaired) electrons. The van der Waals surface area contributed by atoms with Crippen LogP contribution in [0.25, 0.3) is 0 Å². The van der Waals surface area contributed by atoms with Gasteiger partial charge in [0.15, 0.2) is 0 Å². The Morgan fingerprint density at radius 2 is 2.05 bits per heavy atom. The second-order valence-electron chi connectivity index (χ2n) is 5.77. The molecule has 1 aliphatic heterocycles. The molecule has 2 rings (SSSR count). The lowest BCUT2D eigenvalue weighted by Crippen LogP contribution is -2.59. The number of nitro benzene ring substituents is 1. The van der Waals surface area contributed by atoms with Gasteiger partial charge in [0.1, 0.15) is 0 Å². The predicted molar refractivity (Wildman–Crippen MR) is 78.7 cm³/mol. The van der Waals surface area contributed by atoms with E-state index in [1.165, 1.54) is 16.4 Å². The number of hydrogen-bond acceptors (Lipinski definition) is 5. The van der Waals surface area contributed by atoms with Crippen LogP contribution in [-0.4, -0.2) is 42.8 Å². The van der Waals surface area contributed by atoms with Crippen molar-refractivity contribution in [1.29, 1.82) is 0 Å². The normalized spacial score (nSPS) is 19.4. The third-order valence-corrected chi connectivity index (χ3v) is 5.80. The lowest BCUT2D eigenvalue weighted by Gasteiger charge is -2.41. The second-order valence-corrected chi connectivity index (χ2v) is 7.63. The topological polar surface area (TPSA) is 92.6 Å². The van der Waals surface area contributed by atoms with Crippen molar-refractivity contribution in [3.63, 3.8) is 0 Å². The highest BCUT2D eigenvalue weighted by Gasteiger charge is 2.39. The summed E-state index contributed by atoms with van der Waals surface area (Å²) >= 11 is 0. The number of hydrogen-bond donors (Lipinski definition) is 1. The number of rotatable bonds is 3. The van der Waals surface area contributed by atoms with Crippen molar-refractivity contribution >= 4 is 15.7 Å². The minimum absolute atomic E-state index is 0.0326. The maximum atomic E-state index is 12.8. The monoisotopic (exact) mass is 313 g/mol. The Labute approximate surface area is 124 Å². The van der Waals surface area contributed by atoms with Gasteiger partial charge in [0.25, 0.3) is 5.69 Å². The van der Waals surface area contributed by atoms with Crippen molar-refractivity contribution in [3.05, 3.63) is 33.9 Å². The molecule has 0 aliphatic carbocycles. The van der Waals surface area contributed by atoms with E-state index in [2.05, 4.69) is 5.32 Å². The van der Waals surface area contributed by atoms with Crippen LogP contribution >= 0.6 is 0 Å². The lowest BCUT2D eigenvalue weighted by molar-refractivity contribution is -0.385. The van der Waals surface area contributed by atoms with E-state index < -0.39 is 20.5 Å². The first-order chi connectivity index (χ1) is 9.66. The van der Waals surface area contributed by atoms with E-state index in [1.807, 2.05) is 13.8 Å². The van der Waals surface area contributed by atoms with Crippen molar-refractivity contribution in [2.45, 2.75) is 31.2 Å². The number of piperazine rings is 1. The number of aryl methyl sites for hydroxylation is 1. The van der Waals surface area contributed by atoms with E-state index in [1.54, 1.807) is 6.92 Å². The van der Waals surface area contributed by atoms with Gasteiger partial charge in [-0.25, -0.2) is 8.42 Å². The summed E-state index contributed by atoms with van der Waals surface area (Å²) in [6.07, 6.45) is 0. The van der Waals surface area contributed by atoms with Crippen LogP contribution < -0.4 is 5.32 Å². The summed E-state index contributed by atoms with van der Waals surface area (Å²) in [6.45, 7) is 6.70. The molecule has 1 aromatic rings. The number of benzene rings is 1. The quantitative estimate of drug-likeness (QED) is 0.670. The van der Waals surface area contributed by atoms with Crippen LogP contribution in [0.1, 0.15) is 19.4 Å². The van der Waals surface area contributed by atoms with E-state index >= 15 is 0 Å². The molecule has 7 nitrogen and oxygen atoms in total. The highest BCUT2D eigenvalue weighted by atomic mass is 32.2. The molecule has 1 aliphatic rings. The number of nitro groups is 1. The first kappa shape index (κ1) is 15.9. The van der Waals surface area contributed by atoms with Crippen LogP contribution in [0.4, 0.5) is 5.69 Å². The molecule has 1 heterocycles. The van der Waals surface area contributed by atoms with Gasteiger partial charge in [-0.05, 0) is 26.8 Å². The lowest BCUT2D eigenvalue weighted by atomic mass is 10.0. The van der Waals surface area contributed by atoms with Crippen LogP contribution in [0.5, 0.6) is 0 Å². The maximum Gasteiger partial charge on any atom is 0.273 e. The summed E-state index contributed by atoms with van der Waals surface area (Å²) in [7, 11) is -3.75. The highest BCUT2D eigenvalue weighted by molar-refractivity contribution is 7.89. The molecule has 0 spiro atoms. The van der Waals surface area contributed by atoms with Gasteiger partial charge < -0.3 is 5.32 Å². The minimum atomic E-state index is -3.75. The summed E-state index contributed by atoms with van der Waals surface area (Å²) < 4.78 is 26.9. The molecule has 116 valence electrons. The van der Waals surface area contributed by atoms with E-state index in [4.69, 9.17) is 0 Å². The molecule has 0 aromatic heterocycles. The Hall–Kier alpha value is -1.51. The molecule has 0 bridgehead atoms. The minimum Gasteiger partial charge on any atom is -0.314 e. The first-order valence-electron chi connectivity index (χ1n) is 6.65. The molecular formula is C13H19N3O4S. The number of sulfonamides is 1. The Morgan fingerprint density at radius 1 is 1.38 bits per heavy atom. The molecule has 1 aromatic carbocycles.